The zero-order valence-corrected chi connectivity index (χ0v) is 17.7. The second kappa shape index (κ2) is 9.98. The van der Waals surface area contributed by atoms with Crippen LogP contribution in [0, 0.1) is 0 Å². The third-order valence-electron chi connectivity index (χ3n) is 5.48. The molecule has 146 valence electrons. The number of hydrogen-bond donors (Lipinski definition) is 0. The molecular weight excluding hydrogens is 342 g/mol. The van der Waals surface area contributed by atoms with E-state index < -0.39 is 0 Å². The summed E-state index contributed by atoms with van der Waals surface area (Å²) in [4.78, 5) is 17.2. The van der Waals surface area contributed by atoms with Gasteiger partial charge < -0.3 is 0 Å². The predicted octanol–water partition coefficient (Wildman–Crippen LogP) is 7.08. The average Bonchev–Trinajstić information content (AvgIpc) is 2.80. The van der Waals surface area contributed by atoms with Gasteiger partial charge in [0.25, 0.3) is 0 Å². The Morgan fingerprint density at radius 1 is 0.821 bits per heavy atom. The van der Waals surface area contributed by atoms with Gasteiger partial charge in [-0.05, 0) is 36.0 Å². The van der Waals surface area contributed by atoms with Gasteiger partial charge in [-0.15, -0.1) is 0 Å². The molecule has 0 fully saturated rings. The fourth-order valence-corrected chi connectivity index (χ4v) is 3.31. The molecule has 0 atom stereocenters. The number of hydrogen-bond acceptors (Lipinski definition) is 2. The van der Waals surface area contributed by atoms with Crippen LogP contribution >= 0.6 is 0 Å². The maximum atomic E-state index is 12.6. The van der Waals surface area contributed by atoms with E-state index >= 15 is 0 Å². The Morgan fingerprint density at radius 2 is 1.43 bits per heavy atom. The molecule has 0 N–H and O–H groups in total. The van der Waals surface area contributed by atoms with Crippen LogP contribution in [0.2, 0.25) is 0 Å². The zero-order valence-electron chi connectivity index (χ0n) is 17.7. The molecule has 3 aromatic rings. The second-order valence-electron chi connectivity index (χ2n) is 6.94. The number of pyridine rings is 1. The van der Waals surface area contributed by atoms with E-state index in [9.17, 15) is 4.79 Å². The molecule has 3 rings (SSSR count). The Balaban J connectivity index is 0.00000136. The lowest BCUT2D eigenvalue weighted by Gasteiger charge is -2.29. The zero-order chi connectivity index (χ0) is 20.6. The van der Waals surface area contributed by atoms with Gasteiger partial charge >= 0.3 is 0 Å². The number of carbonyl (C=O) groups is 1. The maximum Gasteiger partial charge on any atom is 0.194 e. The van der Waals surface area contributed by atoms with E-state index in [1.54, 1.807) is 6.20 Å². The molecular formula is C26H31NO. The quantitative estimate of drug-likeness (QED) is 0.432. The van der Waals surface area contributed by atoms with E-state index in [1.165, 1.54) is 5.56 Å². The molecule has 1 heterocycles. The first-order valence-corrected chi connectivity index (χ1v) is 10.2. The number of rotatable bonds is 6. The summed E-state index contributed by atoms with van der Waals surface area (Å²) in [6, 6.07) is 21.6. The minimum Gasteiger partial charge on any atom is -0.289 e. The number of ketones is 1. The highest BCUT2D eigenvalue weighted by atomic mass is 16.1. The van der Waals surface area contributed by atoms with E-state index in [1.807, 2.05) is 56.3 Å². The van der Waals surface area contributed by atoms with Gasteiger partial charge in [0.05, 0.1) is 5.69 Å². The van der Waals surface area contributed by atoms with Crippen LogP contribution in [0.1, 0.15) is 68.9 Å². The van der Waals surface area contributed by atoms with Gasteiger partial charge in [-0.2, -0.15) is 0 Å². The van der Waals surface area contributed by atoms with Crippen molar-refractivity contribution in [1.82, 2.24) is 4.98 Å². The Bertz CT molecular complexity index is 878. The first-order valence-electron chi connectivity index (χ1n) is 10.2. The van der Waals surface area contributed by atoms with Gasteiger partial charge in [-0.25, -0.2) is 0 Å². The molecule has 2 aromatic carbocycles. The van der Waals surface area contributed by atoms with Crippen molar-refractivity contribution < 1.29 is 4.79 Å². The molecule has 2 nitrogen and oxygen atoms in total. The second-order valence-corrected chi connectivity index (χ2v) is 6.94. The molecule has 28 heavy (non-hydrogen) atoms. The van der Waals surface area contributed by atoms with Crippen LogP contribution in [0.4, 0.5) is 0 Å². The lowest BCUT2D eigenvalue weighted by Crippen LogP contribution is -2.20. The van der Waals surface area contributed by atoms with Crippen molar-refractivity contribution in [2.45, 2.75) is 52.9 Å². The Labute approximate surface area is 169 Å². The minimum absolute atomic E-state index is 0.00453. The molecule has 0 bridgehead atoms. The van der Waals surface area contributed by atoms with Crippen molar-refractivity contribution in [3.63, 3.8) is 0 Å². The van der Waals surface area contributed by atoms with Gasteiger partial charge in [-0.3, -0.25) is 9.78 Å². The van der Waals surface area contributed by atoms with Crippen molar-refractivity contribution in [2.75, 3.05) is 0 Å². The normalized spacial score (nSPS) is 10.8. The van der Waals surface area contributed by atoms with Crippen LogP contribution in [-0.4, -0.2) is 10.8 Å². The molecule has 0 aliphatic rings. The number of nitrogens with zero attached hydrogens (tertiary/aromatic N) is 1. The van der Waals surface area contributed by atoms with Crippen LogP contribution in [0.5, 0.6) is 0 Å². The third-order valence-corrected chi connectivity index (χ3v) is 5.48. The molecule has 2 heteroatoms. The van der Waals surface area contributed by atoms with Gasteiger partial charge in [-0.1, -0.05) is 89.2 Å². The summed E-state index contributed by atoms with van der Waals surface area (Å²) in [7, 11) is 0. The van der Waals surface area contributed by atoms with E-state index in [0.717, 1.165) is 24.1 Å². The largest absolute Gasteiger partial charge is 0.289 e. The highest BCUT2D eigenvalue weighted by molar-refractivity contribution is 6.08. The van der Waals surface area contributed by atoms with Crippen molar-refractivity contribution in [3.05, 3.63) is 89.6 Å². The maximum absolute atomic E-state index is 12.6. The van der Waals surface area contributed by atoms with Crippen molar-refractivity contribution >= 4 is 5.78 Å². The topological polar surface area (TPSA) is 30.0 Å². The summed E-state index contributed by atoms with van der Waals surface area (Å²) >= 11 is 0. The SMILES string of the molecule is CC.CCC(C)(CC)c1ccccc1-c1ccc(C(=O)c2ccccc2)cn1. The van der Waals surface area contributed by atoms with Crippen LogP contribution in [0.3, 0.4) is 0 Å². The monoisotopic (exact) mass is 373 g/mol. The molecule has 0 saturated carbocycles. The number of aromatic nitrogens is 1. The van der Waals surface area contributed by atoms with E-state index in [-0.39, 0.29) is 11.2 Å². The van der Waals surface area contributed by atoms with Crippen LogP contribution in [-0.2, 0) is 5.41 Å². The van der Waals surface area contributed by atoms with Crippen LogP contribution in [0.25, 0.3) is 11.3 Å². The molecule has 0 unspecified atom stereocenters. The minimum atomic E-state index is 0.00453. The Kier molecular flexibility index (Phi) is 7.69. The van der Waals surface area contributed by atoms with Gasteiger partial charge in [0.2, 0.25) is 0 Å². The first-order chi connectivity index (χ1) is 13.6. The predicted molar refractivity (Wildman–Crippen MR) is 119 cm³/mol. The summed E-state index contributed by atoms with van der Waals surface area (Å²) in [5, 5.41) is 0. The summed E-state index contributed by atoms with van der Waals surface area (Å²) in [5.41, 5.74) is 4.81. The fourth-order valence-electron chi connectivity index (χ4n) is 3.31. The Hall–Kier alpha value is -2.74. The number of carbonyl (C=O) groups excluding carboxylic acids is 1. The van der Waals surface area contributed by atoms with Gasteiger partial charge in [0, 0.05) is 22.9 Å². The lowest BCUT2D eigenvalue weighted by atomic mass is 9.75. The summed E-state index contributed by atoms with van der Waals surface area (Å²) in [5.74, 6) is 0.00453. The van der Waals surface area contributed by atoms with Crippen LogP contribution in [0.15, 0.2) is 72.9 Å². The number of benzene rings is 2. The summed E-state index contributed by atoms with van der Waals surface area (Å²) in [6.45, 7) is 10.8. The van der Waals surface area contributed by atoms with Crippen molar-refractivity contribution in [1.29, 1.82) is 0 Å². The molecule has 0 radical (unpaired) electrons. The van der Waals surface area contributed by atoms with Crippen LogP contribution < -0.4 is 0 Å². The molecule has 0 saturated heterocycles. The summed E-state index contributed by atoms with van der Waals surface area (Å²) < 4.78 is 0. The van der Waals surface area contributed by atoms with E-state index in [2.05, 4.69) is 50.0 Å². The molecule has 0 aliphatic heterocycles. The van der Waals surface area contributed by atoms with Crippen molar-refractivity contribution in [2.24, 2.45) is 0 Å². The summed E-state index contributed by atoms with van der Waals surface area (Å²) in [6.07, 6.45) is 3.84. The molecule has 0 aliphatic carbocycles. The molecule has 0 amide bonds. The van der Waals surface area contributed by atoms with Gasteiger partial charge in [0.1, 0.15) is 0 Å². The fraction of sp³-hybridized carbons (Fsp3) is 0.308. The molecule has 1 aromatic heterocycles. The lowest BCUT2D eigenvalue weighted by molar-refractivity contribution is 0.103. The first kappa shape index (κ1) is 21.6. The van der Waals surface area contributed by atoms with Crippen molar-refractivity contribution in [3.8, 4) is 11.3 Å². The smallest absolute Gasteiger partial charge is 0.194 e. The van der Waals surface area contributed by atoms with E-state index in [4.69, 9.17) is 0 Å². The highest BCUT2D eigenvalue weighted by Crippen LogP contribution is 2.37. The Morgan fingerprint density at radius 3 is 2.00 bits per heavy atom. The third kappa shape index (κ3) is 4.56. The highest BCUT2D eigenvalue weighted by Gasteiger charge is 2.25. The molecule has 0 spiro atoms. The van der Waals surface area contributed by atoms with E-state index in [0.29, 0.717) is 11.1 Å². The average molecular weight is 374 g/mol. The standard InChI is InChI=1S/C24H25NO.C2H6/c1-4-24(3,5-2)21-14-10-9-13-20(21)22-16-15-19(17-25-22)23(26)18-11-7-6-8-12-18;1-2/h6-17H,4-5H2,1-3H3;1-2H3. The van der Waals surface area contributed by atoms with Gasteiger partial charge in [0.15, 0.2) is 5.78 Å².